The summed E-state index contributed by atoms with van der Waals surface area (Å²) in [6.45, 7) is 4.46. The molecule has 8 heteroatoms. The average molecular weight is 413 g/mol. The monoisotopic (exact) mass is 413 g/mol. The first-order valence-electron chi connectivity index (χ1n) is 9.19. The summed E-state index contributed by atoms with van der Waals surface area (Å²) in [5, 5.41) is 2.89. The number of benzene rings is 2. The highest BCUT2D eigenvalue weighted by atomic mass is 32.2. The van der Waals surface area contributed by atoms with Crippen molar-refractivity contribution in [1.82, 2.24) is 5.32 Å². The van der Waals surface area contributed by atoms with Crippen LogP contribution in [0, 0.1) is 0 Å². The van der Waals surface area contributed by atoms with Gasteiger partial charge in [0, 0.05) is 30.0 Å². The van der Waals surface area contributed by atoms with Crippen LogP contribution >= 0.6 is 0 Å². The van der Waals surface area contributed by atoms with Gasteiger partial charge in [0.1, 0.15) is 0 Å². The average Bonchev–Trinajstić information content (AvgIpc) is 2.70. The minimum Gasteiger partial charge on any atom is -0.348 e. The molecule has 1 aliphatic rings. The molecule has 2 amide bonds. The summed E-state index contributed by atoms with van der Waals surface area (Å²) in [5.41, 5.74) is 3.47. The first-order valence-corrected chi connectivity index (χ1v) is 11.1. The summed E-state index contributed by atoms with van der Waals surface area (Å²) < 4.78 is 24.9. The lowest BCUT2D eigenvalue weighted by Gasteiger charge is -2.29. The van der Waals surface area contributed by atoms with Crippen LogP contribution in [0.3, 0.4) is 0 Å². The van der Waals surface area contributed by atoms with Gasteiger partial charge in [-0.2, -0.15) is 0 Å². The van der Waals surface area contributed by atoms with Crippen molar-refractivity contribution in [3.63, 3.8) is 0 Å². The maximum atomic E-state index is 12.8. The van der Waals surface area contributed by atoms with Gasteiger partial charge in [-0.15, -0.1) is 0 Å². The number of hydrogen-bond donors (Lipinski definition) is 2. The van der Waals surface area contributed by atoms with Crippen LogP contribution in [0.1, 0.15) is 27.9 Å². The Balaban J connectivity index is 1.72. The molecule has 29 heavy (non-hydrogen) atoms. The van der Waals surface area contributed by atoms with E-state index in [0.29, 0.717) is 24.3 Å². The zero-order valence-corrected chi connectivity index (χ0v) is 17.0. The molecule has 0 fully saturated rings. The van der Waals surface area contributed by atoms with Crippen LogP contribution in [0.5, 0.6) is 0 Å². The van der Waals surface area contributed by atoms with Gasteiger partial charge in [-0.1, -0.05) is 24.8 Å². The molecule has 1 heterocycles. The van der Waals surface area contributed by atoms with Gasteiger partial charge in [0.15, 0.2) is 0 Å². The molecule has 0 atom stereocenters. The molecule has 0 radical (unpaired) electrons. The standard InChI is InChI=1S/C21H23N3O4S/c1-3-20(25)24-13-5-7-17-18(6-4-8-19(17)24)21(26)22-14-15-9-11-16(12-10-15)23-29(2,27)28/h3-4,6,8-12,23H,1,5,7,13-14H2,2H3,(H,22,26). The number of hydrogen-bond acceptors (Lipinski definition) is 4. The van der Waals surface area contributed by atoms with E-state index in [0.717, 1.165) is 35.9 Å². The lowest BCUT2D eigenvalue weighted by atomic mass is 9.95. The Bertz CT molecular complexity index is 1050. The fourth-order valence-electron chi connectivity index (χ4n) is 3.36. The van der Waals surface area contributed by atoms with Crippen LogP contribution in [0.2, 0.25) is 0 Å². The third-order valence-corrected chi connectivity index (χ3v) is 5.25. The van der Waals surface area contributed by atoms with Gasteiger partial charge in [0.05, 0.1) is 6.26 Å². The molecule has 0 saturated carbocycles. The SMILES string of the molecule is C=CC(=O)N1CCCc2c(C(=O)NCc3ccc(NS(C)(=O)=O)cc3)cccc21. The van der Waals surface area contributed by atoms with Crippen molar-refractivity contribution in [1.29, 1.82) is 0 Å². The van der Waals surface area contributed by atoms with Gasteiger partial charge in [-0.05, 0) is 54.3 Å². The van der Waals surface area contributed by atoms with E-state index in [2.05, 4.69) is 16.6 Å². The Hall–Kier alpha value is -3.13. The Morgan fingerprint density at radius 1 is 1.17 bits per heavy atom. The molecular weight excluding hydrogens is 390 g/mol. The highest BCUT2D eigenvalue weighted by Gasteiger charge is 2.24. The normalized spacial score (nSPS) is 13.3. The minimum atomic E-state index is -3.33. The minimum absolute atomic E-state index is 0.175. The van der Waals surface area contributed by atoms with Crippen molar-refractivity contribution in [2.75, 3.05) is 22.4 Å². The first-order chi connectivity index (χ1) is 13.8. The number of carbonyl (C=O) groups excluding carboxylic acids is 2. The van der Waals surface area contributed by atoms with Crippen molar-refractivity contribution in [2.24, 2.45) is 0 Å². The number of nitrogens with zero attached hydrogens (tertiary/aromatic N) is 1. The molecule has 2 aromatic rings. The molecule has 2 aromatic carbocycles. The van der Waals surface area contributed by atoms with Gasteiger partial charge in [-0.25, -0.2) is 8.42 Å². The number of anilines is 2. The molecule has 0 saturated heterocycles. The fourth-order valence-corrected chi connectivity index (χ4v) is 3.92. The summed E-state index contributed by atoms with van der Waals surface area (Å²) in [4.78, 5) is 26.5. The highest BCUT2D eigenvalue weighted by molar-refractivity contribution is 7.92. The van der Waals surface area contributed by atoms with Crippen LogP contribution in [-0.4, -0.2) is 33.0 Å². The number of nitrogens with one attached hydrogen (secondary N) is 2. The third-order valence-electron chi connectivity index (χ3n) is 4.65. The maximum absolute atomic E-state index is 12.8. The molecule has 152 valence electrons. The van der Waals surface area contributed by atoms with Gasteiger partial charge in [-0.3, -0.25) is 14.3 Å². The quantitative estimate of drug-likeness (QED) is 0.711. The smallest absolute Gasteiger partial charge is 0.251 e. The van der Waals surface area contributed by atoms with E-state index in [4.69, 9.17) is 0 Å². The zero-order valence-electron chi connectivity index (χ0n) is 16.1. The Labute approximate surface area is 170 Å². The summed E-state index contributed by atoms with van der Waals surface area (Å²) in [7, 11) is -3.33. The van der Waals surface area contributed by atoms with E-state index in [1.54, 1.807) is 41.3 Å². The second-order valence-electron chi connectivity index (χ2n) is 6.85. The van der Waals surface area contributed by atoms with E-state index < -0.39 is 10.0 Å². The van der Waals surface area contributed by atoms with Crippen LogP contribution in [0.25, 0.3) is 0 Å². The molecule has 0 aromatic heterocycles. The predicted octanol–water partition coefficient (Wildman–Crippen LogP) is 2.45. The highest BCUT2D eigenvalue weighted by Crippen LogP contribution is 2.30. The topological polar surface area (TPSA) is 95.6 Å². The van der Waals surface area contributed by atoms with Crippen molar-refractivity contribution in [3.8, 4) is 0 Å². The van der Waals surface area contributed by atoms with Crippen molar-refractivity contribution in [2.45, 2.75) is 19.4 Å². The molecule has 0 spiro atoms. The van der Waals surface area contributed by atoms with E-state index in [1.165, 1.54) is 6.08 Å². The summed E-state index contributed by atoms with van der Waals surface area (Å²) in [5.74, 6) is -0.389. The van der Waals surface area contributed by atoms with E-state index in [9.17, 15) is 18.0 Å². The van der Waals surface area contributed by atoms with Crippen molar-refractivity contribution >= 4 is 33.2 Å². The second kappa shape index (κ2) is 8.48. The largest absolute Gasteiger partial charge is 0.348 e. The molecule has 0 unspecified atom stereocenters. The van der Waals surface area contributed by atoms with E-state index in [-0.39, 0.29) is 11.8 Å². The molecule has 2 N–H and O–H groups in total. The van der Waals surface area contributed by atoms with Gasteiger partial charge >= 0.3 is 0 Å². The number of carbonyl (C=O) groups is 2. The van der Waals surface area contributed by atoms with Crippen molar-refractivity contribution < 1.29 is 18.0 Å². The second-order valence-corrected chi connectivity index (χ2v) is 8.60. The maximum Gasteiger partial charge on any atom is 0.251 e. The Morgan fingerprint density at radius 3 is 2.55 bits per heavy atom. The van der Waals surface area contributed by atoms with Crippen molar-refractivity contribution in [3.05, 3.63) is 71.8 Å². The Morgan fingerprint density at radius 2 is 1.90 bits per heavy atom. The molecule has 0 bridgehead atoms. The van der Waals surface area contributed by atoms with Gasteiger partial charge in [0.2, 0.25) is 15.9 Å². The summed E-state index contributed by atoms with van der Waals surface area (Å²) >= 11 is 0. The Kier molecular flexibility index (Phi) is 6.03. The fraction of sp³-hybridized carbons (Fsp3) is 0.238. The zero-order chi connectivity index (χ0) is 21.0. The third kappa shape index (κ3) is 5.03. The molecule has 1 aliphatic heterocycles. The molecule has 7 nitrogen and oxygen atoms in total. The number of amides is 2. The number of rotatable bonds is 6. The lowest BCUT2D eigenvalue weighted by Crippen LogP contribution is -2.35. The van der Waals surface area contributed by atoms with Crippen LogP contribution < -0.4 is 14.9 Å². The number of fused-ring (bicyclic) bond motifs is 1. The van der Waals surface area contributed by atoms with Crippen LogP contribution in [0.4, 0.5) is 11.4 Å². The van der Waals surface area contributed by atoms with Gasteiger partial charge < -0.3 is 10.2 Å². The van der Waals surface area contributed by atoms with Crippen LogP contribution in [0.15, 0.2) is 55.1 Å². The molecule has 0 aliphatic carbocycles. The number of sulfonamides is 1. The molecule has 3 rings (SSSR count). The summed E-state index contributed by atoms with van der Waals surface area (Å²) in [6, 6.07) is 12.2. The van der Waals surface area contributed by atoms with Crippen LogP contribution in [-0.2, 0) is 27.8 Å². The van der Waals surface area contributed by atoms with E-state index in [1.807, 2.05) is 6.07 Å². The van der Waals surface area contributed by atoms with Gasteiger partial charge in [0.25, 0.3) is 5.91 Å². The molecular formula is C21H23N3O4S. The van der Waals surface area contributed by atoms with E-state index >= 15 is 0 Å². The predicted molar refractivity (Wildman–Crippen MR) is 113 cm³/mol. The summed E-state index contributed by atoms with van der Waals surface area (Å²) in [6.07, 6.45) is 3.88. The first kappa shape index (κ1) is 20.6. The lowest BCUT2D eigenvalue weighted by molar-refractivity contribution is -0.114.